The first kappa shape index (κ1) is 19.4. The molecule has 0 saturated carbocycles. The molecule has 0 aliphatic carbocycles. The fraction of sp³-hybridized carbons (Fsp3) is 0.0952. The van der Waals surface area contributed by atoms with Crippen LogP contribution in [0.3, 0.4) is 0 Å². The molecule has 7 heteroatoms. The van der Waals surface area contributed by atoms with Gasteiger partial charge in [0.1, 0.15) is 5.82 Å². The van der Waals surface area contributed by atoms with E-state index in [0.29, 0.717) is 27.8 Å². The number of hydrogen-bond acceptors (Lipinski definition) is 4. The number of hydrogen-bond donors (Lipinski definition) is 3. The molecule has 0 unspecified atom stereocenters. The highest BCUT2D eigenvalue weighted by molar-refractivity contribution is 6.31. The number of aryl methyl sites for hydroxylation is 1. The zero-order valence-corrected chi connectivity index (χ0v) is 16.2. The van der Waals surface area contributed by atoms with Crippen molar-refractivity contribution in [3.63, 3.8) is 0 Å². The Kier molecular flexibility index (Phi) is 5.91. The minimum Gasteiger partial charge on any atom is -0.340 e. The van der Waals surface area contributed by atoms with E-state index >= 15 is 0 Å². The molecule has 0 spiro atoms. The van der Waals surface area contributed by atoms with Gasteiger partial charge in [0.15, 0.2) is 0 Å². The van der Waals surface area contributed by atoms with Gasteiger partial charge in [-0.3, -0.25) is 9.59 Å². The van der Waals surface area contributed by atoms with Crippen LogP contribution in [0.15, 0.2) is 60.8 Å². The molecule has 0 aliphatic heterocycles. The lowest BCUT2D eigenvalue weighted by Crippen LogP contribution is -2.13. The lowest BCUT2D eigenvalue weighted by molar-refractivity contribution is -0.114. The Bertz CT molecular complexity index is 1040. The molecule has 3 aromatic rings. The van der Waals surface area contributed by atoms with E-state index in [4.69, 9.17) is 11.6 Å². The van der Waals surface area contributed by atoms with Crippen LogP contribution in [0.4, 0.5) is 22.9 Å². The van der Waals surface area contributed by atoms with Crippen molar-refractivity contribution in [1.29, 1.82) is 0 Å². The molecule has 0 saturated heterocycles. The van der Waals surface area contributed by atoms with Crippen molar-refractivity contribution in [3.05, 3.63) is 76.9 Å². The van der Waals surface area contributed by atoms with E-state index in [1.54, 1.807) is 42.6 Å². The predicted octanol–water partition coefficient (Wildman–Crippen LogP) is 5.00. The average molecular weight is 395 g/mol. The van der Waals surface area contributed by atoms with E-state index in [1.807, 2.05) is 25.1 Å². The highest BCUT2D eigenvalue weighted by Gasteiger charge is 2.10. The summed E-state index contributed by atoms with van der Waals surface area (Å²) in [4.78, 5) is 28.0. The number of nitrogens with zero attached hydrogens (tertiary/aromatic N) is 1. The SMILES string of the molecule is CC(=O)Nc1cccc(Nc2cc(C(=O)Nc3cc(Cl)ccc3C)ccn2)c1. The summed E-state index contributed by atoms with van der Waals surface area (Å²) in [6.07, 6.45) is 1.56. The molecule has 0 aliphatic rings. The Morgan fingerprint density at radius 1 is 0.964 bits per heavy atom. The van der Waals surface area contributed by atoms with Crippen molar-refractivity contribution in [2.75, 3.05) is 16.0 Å². The summed E-state index contributed by atoms with van der Waals surface area (Å²) >= 11 is 6.01. The van der Waals surface area contributed by atoms with Crippen LogP contribution in [0.25, 0.3) is 0 Å². The molecule has 28 heavy (non-hydrogen) atoms. The van der Waals surface area contributed by atoms with Gasteiger partial charge in [0, 0.05) is 40.8 Å². The Labute approximate surface area is 168 Å². The van der Waals surface area contributed by atoms with Gasteiger partial charge in [-0.2, -0.15) is 0 Å². The lowest BCUT2D eigenvalue weighted by Gasteiger charge is -2.11. The number of aromatic nitrogens is 1. The predicted molar refractivity (Wildman–Crippen MR) is 112 cm³/mol. The van der Waals surface area contributed by atoms with E-state index in [-0.39, 0.29) is 11.8 Å². The summed E-state index contributed by atoms with van der Waals surface area (Å²) in [5.74, 6) is 0.100. The molecule has 0 fully saturated rings. The summed E-state index contributed by atoms with van der Waals surface area (Å²) in [7, 11) is 0. The van der Waals surface area contributed by atoms with Crippen LogP contribution < -0.4 is 16.0 Å². The standard InChI is InChI=1S/C21H19ClN4O2/c1-13-6-7-16(22)11-19(13)26-21(28)15-8-9-23-20(10-15)25-18-5-3-4-17(12-18)24-14(2)27/h3-12H,1-2H3,(H,23,25)(H,24,27)(H,26,28). The highest BCUT2D eigenvalue weighted by atomic mass is 35.5. The maximum Gasteiger partial charge on any atom is 0.255 e. The van der Waals surface area contributed by atoms with Crippen molar-refractivity contribution in [3.8, 4) is 0 Å². The minimum atomic E-state index is -0.261. The van der Waals surface area contributed by atoms with Crippen LogP contribution in [-0.4, -0.2) is 16.8 Å². The van der Waals surface area contributed by atoms with E-state index in [1.165, 1.54) is 6.92 Å². The smallest absolute Gasteiger partial charge is 0.255 e. The largest absolute Gasteiger partial charge is 0.340 e. The number of rotatable bonds is 5. The van der Waals surface area contributed by atoms with Crippen molar-refractivity contribution < 1.29 is 9.59 Å². The number of amides is 2. The number of nitrogens with one attached hydrogen (secondary N) is 3. The second-order valence-corrected chi connectivity index (χ2v) is 6.67. The van der Waals surface area contributed by atoms with Gasteiger partial charge in [0.05, 0.1) is 0 Å². The van der Waals surface area contributed by atoms with Crippen LogP contribution in [0.5, 0.6) is 0 Å². The van der Waals surface area contributed by atoms with Crippen molar-refractivity contribution >= 4 is 46.3 Å². The fourth-order valence-electron chi connectivity index (χ4n) is 2.59. The lowest BCUT2D eigenvalue weighted by atomic mass is 10.2. The van der Waals surface area contributed by atoms with Gasteiger partial charge in [0.2, 0.25) is 5.91 Å². The second-order valence-electron chi connectivity index (χ2n) is 6.23. The molecule has 0 atom stereocenters. The van der Waals surface area contributed by atoms with E-state index in [9.17, 15) is 9.59 Å². The summed E-state index contributed by atoms with van der Waals surface area (Å²) in [5, 5.41) is 9.27. The quantitative estimate of drug-likeness (QED) is 0.568. The molecular weight excluding hydrogens is 376 g/mol. The van der Waals surface area contributed by atoms with Gasteiger partial charge >= 0.3 is 0 Å². The molecule has 0 bridgehead atoms. The Morgan fingerprint density at radius 2 is 1.75 bits per heavy atom. The third kappa shape index (κ3) is 5.08. The normalized spacial score (nSPS) is 10.2. The molecule has 1 aromatic heterocycles. The van der Waals surface area contributed by atoms with Crippen LogP contribution >= 0.6 is 11.6 Å². The molecule has 3 N–H and O–H groups in total. The van der Waals surface area contributed by atoms with Crippen molar-refractivity contribution in [2.45, 2.75) is 13.8 Å². The summed E-state index contributed by atoms with van der Waals surface area (Å²) < 4.78 is 0. The number of carbonyl (C=O) groups is 2. The van der Waals surface area contributed by atoms with Crippen molar-refractivity contribution in [2.24, 2.45) is 0 Å². The summed E-state index contributed by atoms with van der Waals surface area (Å²) in [6, 6.07) is 15.8. The van der Waals surface area contributed by atoms with Crippen LogP contribution in [0.2, 0.25) is 5.02 Å². The molecule has 2 aromatic carbocycles. The van der Waals surface area contributed by atoms with E-state index in [2.05, 4.69) is 20.9 Å². The van der Waals surface area contributed by atoms with Gasteiger partial charge in [0.25, 0.3) is 5.91 Å². The van der Waals surface area contributed by atoms with Crippen molar-refractivity contribution in [1.82, 2.24) is 4.98 Å². The van der Waals surface area contributed by atoms with E-state index in [0.717, 1.165) is 11.3 Å². The molecule has 6 nitrogen and oxygen atoms in total. The maximum absolute atomic E-state index is 12.6. The van der Waals surface area contributed by atoms with Gasteiger partial charge in [-0.05, 0) is 55.0 Å². The molecule has 2 amide bonds. The zero-order valence-electron chi connectivity index (χ0n) is 15.4. The molecule has 142 valence electrons. The fourth-order valence-corrected chi connectivity index (χ4v) is 2.76. The number of anilines is 4. The monoisotopic (exact) mass is 394 g/mol. The first-order valence-corrected chi connectivity index (χ1v) is 8.97. The molecule has 3 rings (SSSR count). The number of benzene rings is 2. The Hall–Kier alpha value is -3.38. The maximum atomic E-state index is 12.6. The second kappa shape index (κ2) is 8.54. The average Bonchev–Trinajstić information content (AvgIpc) is 2.64. The first-order chi connectivity index (χ1) is 13.4. The van der Waals surface area contributed by atoms with Gasteiger partial charge in [-0.1, -0.05) is 23.7 Å². The van der Waals surface area contributed by atoms with Crippen LogP contribution in [0.1, 0.15) is 22.8 Å². The van der Waals surface area contributed by atoms with Gasteiger partial charge in [-0.25, -0.2) is 4.98 Å². The number of pyridine rings is 1. The zero-order chi connectivity index (χ0) is 20.1. The Balaban J connectivity index is 1.76. The molecular formula is C21H19ClN4O2. The van der Waals surface area contributed by atoms with E-state index < -0.39 is 0 Å². The topological polar surface area (TPSA) is 83.1 Å². The first-order valence-electron chi connectivity index (χ1n) is 8.59. The third-order valence-corrected chi connectivity index (χ3v) is 4.16. The van der Waals surface area contributed by atoms with Gasteiger partial charge in [-0.15, -0.1) is 0 Å². The Morgan fingerprint density at radius 3 is 2.54 bits per heavy atom. The van der Waals surface area contributed by atoms with Gasteiger partial charge < -0.3 is 16.0 Å². The van der Waals surface area contributed by atoms with Crippen LogP contribution in [0, 0.1) is 6.92 Å². The van der Waals surface area contributed by atoms with Crippen LogP contribution in [-0.2, 0) is 4.79 Å². The number of carbonyl (C=O) groups excluding carboxylic acids is 2. The minimum absolute atomic E-state index is 0.148. The number of halogens is 1. The highest BCUT2D eigenvalue weighted by Crippen LogP contribution is 2.22. The summed E-state index contributed by atoms with van der Waals surface area (Å²) in [6.45, 7) is 3.35. The third-order valence-electron chi connectivity index (χ3n) is 3.93. The summed E-state index contributed by atoms with van der Waals surface area (Å²) in [5.41, 5.74) is 3.44. The molecule has 1 heterocycles. The molecule has 0 radical (unpaired) electrons.